The van der Waals surface area contributed by atoms with Gasteiger partial charge < -0.3 is 20.3 Å². The predicted molar refractivity (Wildman–Crippen MR) is 82.4 cm³/mol. The molecule has 0 radical (unpaired) electrons. The van der Waals surface area contributed by atoms with Crippen LogP contribution in [0.4, 0.5) is 0 Å². The fourth-order valence-electron chi connectivity index (χ4n) is 2.41. The Labute approximate surface area is 124 Å². The van der Waals surface area contributed by atoms with Crippen LogP contribution in [0.15, 0.2) is 36.4 Å². The van der Waals surface area contributed by atoms with E-state index in [-0.39, 0.29) is 13.2 Å². The molecule has 0 spiro atoms. The van der Waals surface area contributed by atoms with E-state index >= 15 is 0 Å². The van der Waals surface area contributed by atoms with E-state index in [1.807, 2.05) is 24.3 Å². The Morgan fingerprint density at radius 2 is 2.00 bits per heavy atom. The number of fused-ring (bicyclic) bond motifs is 1. The molecule has 0 aromatic heterocycles. The maximum absolute atomic E-state index is 9.46. The predicted octanol–water partition coefficient (Wildman–Crippen LogP) is 1.82. The summed E-state index contributed by atoms with van der Waals surface area (Å²) in [5.41, 5.74) is 1.12. The van der Waals surface area contributed by atoms with Crippen molar-refractivity contribution < 1.29 is 14.9 Å². The molecule has 1 atom stereocenters. The SMILES string of the molecule is OCC(O)COc1ccc2ccccc2c1CNC1CC1. The molecule has 1 aliphatic carbocycles. The van der Waals surface area contributed by atoms with Crippen LogP contribution in [0.1, 0.15) is 18.4 Å². The van der Waals surface area contributed by atoms with Crippen LogP contribution in [-0.2, 0) is 6.54 Å². The summed E-state index contributed by atoms with van der Waals surface area (Å²) < 4.78 is 5.70. The fraction of sp³-hybridized carbons (Fsp3) is 0.412. The summed E-state index contributed by atoms with van der Waals surface area (Å²) in [4.78, 5) is 0. The van der Waals surface area contributed by atoms with Gasteiger partial charge in [0.2, 0.25) is 0 Å². The fourth-order valence-corrected chi connectivity index (χ4v) is 2.41. The number of aliphatic hydroxyl groups is 2. The molecule has 3 N–H and O–H groups in total. The standard InChI is InChI=1S/C17H21NO3/c19-10-14(20)11-21-17-8-5-12-3-1-2-4-15(12)16(17)9-18-13-6-7-13/h1-5,8,13-14,18-20H,6-7,9-11H2. The highest BCUT2D eigenvalue weighted by molar-refractivity contribution is 5.87. The van der Waals surface area contributed by atoms with Crippen LogP contribution in [0.3, 0.4) is 0 Å². The number of aliphatic hydroxyl groups excluding tert-OH is 2. The van der Waals surface area contributed by atoms with Crippen molar-refractivity contribution in [3.05, 3.63) is 42.0 Å². The molecule has 1 saturated carbocycles. The maximum atomic E-state index is 9.46. The lowest BCUT2D eigenvalue weighted by Crippen LogP contribution is -2.22. The summed E-state index contributed by atoms with van der Waals surface area (Å²) in [6, 6.07) is 12.8. The van der Waals surface area contributed by atoms with Gasteiger partial charge in [0, 0.05) is 18.2 Å². The second-order valence-corrected chi connectivity index (χ2v) is 5.57. The monoisotopic (exact) mass is 287 g/mol. The highest BCUT2D eigenvalue weighted by Gasteiger charge is 2.21. The van der Waals surface area contributed by atoms with E-state index in [1.165, 1.54) is 23.6 Å². The van der Waals surface area contributed by atoms with E-state index in [2.05, 4.69) is 17.4 Å². The Morgan fingerprint density at radius 1 is 1.19 bits per heavy atom. The molecule has 4 heteroatoms. The zero-order chi connectivity index (χ0) is 14.7. The molecule has 0 aliphatic heterocycles. The van der Waals surface area contributed by atoms with E-state index in [9.17, 15) is 5.11 Å². The molecule has 21 heavy (non-hydrogen) atoms. The third-order valence-electron chi connectivity index (χ3n) is 3.78. The van der Waals surface area contributed by atoms with Gasteiger partial charge in [-0.1, -0.05) is 30.3 Å². The van der Waals surface area contributed by atoms with Gasteiger partial charge in [-0.15, -0.1) is 0 Å². The van der Waals surface area contributed by atoms with Crippen LogP contribution in [0, 0.1) is 0 Å². The minimum absolute atomic E-state index is 0.102. The number of nitrogens with one attached hydrogen (secondary N) is 1. The van der Waals surface area contributed by atoms with Crippen LogP contribution >= 0.6 is 0 Å². The second kappa shape index (κ2) is 6.43. The van der Waals surface area contributed by atoms with E-state index in [4.69, 9.17) is 9.84 Å². The largest absolute Gasteiger partial charge is 0.490 e. The molecule has 2 aromatic carbocycles. The van der Waals surface area contributed by atoms with Crippen molar-refractivity contribution in [2.75, 3.05) is 13.2 Å². The van der Waals surface area contributed by atoms with E-state index in [0.29, 0.717) is 6.04 Å². The molecule has 1 aliphatic rings. The third kappa shape index (κ3) is 3.53. The van der Waals surface area contributed by atoms with E-state index < -0.39 is 6.10 Å². The van der Waals surface area contributed by atoms with Crippen molar-refractivity contribution in [1.29, 1.82) is 0 Å². The van der Waals surface area contributed by atoms with Gasteiger partial charge in [-0.3, -0.25) is 0 Å². The van der Waals surface area contributed by atoms with Gasteiger partial charge in [0.25, 0.3) is 0 Å². The van der Waals surface area contributed by atoms with Gasteiger partial charge in [-0.05, 0) is 29.7 Å². The highest BCUT2D eigenvalue weighted by Crippen LogP contribution is 2.29. The van der Waals surface area contributed by atoms with Crippen LogP contribution in [0.25, 0.3) is 10.8 Å². The van der Waals surface area contributed by atoms with Crippen LogP contribution in [0.2, 0.25) is 0 Å². The Bertz CT molecular complexity index is 610. The quantitative estimate of drug-likeness (QED) is 0.727. The number of rotatable bonds is 7. The first kappa shape index (κ1) is 14.3. The van der Waals surface area contributed by atoms with Crippen molar-refractivity contribution in [2.24, 2.45) is 0 Å². The van der Waals surface area contributed by atoms with Gasteiger partial charge in [0.1, 0.15) is 18.5 Å². The first-order valence-corrected chi connectivity index (χ1v) is 7.43. The van der Waals surface area contributed by atoms with Gasteiger partial charge >= 0.3 is 0 Å². The summed E-state index contributed by atoms with van der Waals surface area (Å²) in [5.74, 6) is 0.773. The number of benzene rings is 2. The molecule has 0 amide bonds. The highest BCUT2D eigenvalue weighted by atomic mass is 16.5. The molecule has 0 bridgehead atoms. The van der Waals surface area contributed by atoms with E-state index in [0.717, 1.165) is 17.9 Å². The Hall–Kier alpha value is -1.62. The van der Waals surface area contributed by atoms with Crippen LogP contribution in [-0.4, -0.2) is 35.6 Å². The zero-order valence-corrected chi connectivity index (χ0v) is 12.0. The first-order chi connectivity index (χ1) is 10.3. The van der Waals surface area contributed by atoms with E-state index in [1.54, 1.807) is 0 Å². The number of hydrogen-bond donors (Lipinski definition) is 3. The summed E-state index contributed by atoms with van der Waals surface area (Å²) in [6.45, 7) is 0.574. The van der Waals surface area contributed by atoms with Crippen molar-refractivity contribution in [3.8, 4) is 5.75 Å². The molecule has 2 aromatic rings. The molecule has 3 rings (SSSR count). The smallest absolute Gasteiger partial charge is 0.124 e. The van der Waals surface area contributed by atoms with Gasteiger partial charge in [0.15, 0.2) is 0 Å². The molecular formula is C17H21NO3. The van der Waals surface area contributed by atoms with Gasteiger partial charge in [-0.25, -0.2) is 0 Å². The van der Waals surface area contributed by atoms with Crippen molar-refractivity contribution in [1.82, 2.24) is 5.32 Å². The zero-order valence-electron chi connectivity index (χ0n) is 12.0. The Morgan fingerprint density at radius 3 is 2.76 bits per heavy atom. The van der Waals surface area contributed by atoms with Crippen molar-refractivity contribution in [3.63, 3.8) is 0 Å². The summed E-state index contributed by atoms with van der Waals surface area (Å²) in [5, 5.41) is 24.2. The average Bonchev–Trinajstić information content (AvgIpc) is 3.35. The van der Waals surface area contributed by atoms with Crippen LogP contribution in [0.5, 0.6) is 5.75 Å². The third-order valence-corrected chi connectivity index (χ3v) is 3.78. The van der Waals surface area contributed by atoms with Crippen molar-refractivity contribution in [2.45, 2.75) is 31.5 Å². The van der Waals surface area contributed by atoms with Crippen LogP contribution < -0.4 is 10.1 Å². The lowest BCUT2D eigenvalue weighted by Gasteiger charge is -2.16. The Kier molecular flexibility index (Phi) is 4.39. The summed E-state index contributed by atoms with van der Waals surface area (Å²) in [6.07, 6.45) is 1.63. The minimum Gasteiger partial charge on any atom is -0.490 e. The molecule has 4 nitrogen and oxygen atoms in total. The summed E-state index contributed by atoms with van der Waals surface area (Å²) >= 11 is 0. The van der Waals surface area contributed by atoms with Crippen molar-refractivity contribution >= 4 is 10.8 Å². The average molecular weight is 287 g/mol. The number of hydrogen-bond acceptors (Lipinski definition) is 4. The lowest BCUT2D eigenvalue weighted by molar-refractivity contribution is 0.0533. The Balaban J connectivity index is 1.86. The topological polar surface area (TPSA) is 61.7 Å². The van der Waals surface area contributed by atoms with Gasteiger partial charge in [-0.2, -0.15) is 0 Å². The molecule has 1 unspecified atom stereocenters. The minimum atomic E-state index is -0.847. The summed E-state index contributed by atoms with van der Waals surface area (Å²) in [7, 11) is 0. The second-order valence-electron chi connectivity index (χ2n) is 5.57. The molecular weight excluding hydrogens is 266 g/mol. The van der Waals surface area contributed by atoms with Gasteiger partial charge in [0.05, 0.1) is 6.61 Å². The molecule has 112 valence electrons. The maximum Gasteiger partial charge on any atom is 0.124 e. The number of ether oxygens (including phenoxy) is 1. The molecule has 0 saturated heterocycles. The normalized spacial score (nSPS) is 16.1. The first-order valence-electron chi connectivity index (χ1n) is 7.43. The lowest BCUT2D eigenvalue weighted by atomic mass is 10.0. The molecule has 0 heterocycles. The molecule has 1 fully saturated rings.